The van der Waals surface area contributed by atoms with Crippen LogP contribution in [-0.4, -0.2) is 25.7 Å². The number of benzene rings is 2. The molecule has 1 aliphatic heterocycles. The van der Waals surface area contributed by atoms with E-state index in [0.717, 1.165) is 26.8 Å². The number of H-pyrrole nitrogens is 1. The second-order valence-electron chi connectivity index (χ2n) is 8.41. The number of anilines is 2. The van der Waals surface area contributed by atoms with Gasteiger partial charge in [-0.25, -0.2) is 22.9 Å². The Labute approximate surface area is 217 Å². The fourth-order valence-corrected chi connectivity index (χ4v) is 4.27. The van der Waals surface area contributed by atoms with E-state index in [9.17, 15) is 23.2 Å². The number of nitriles is 1. The van der Waals surface area contributed by atoms with Gasteiger partial charge in [0.25, 0.3) is 5.56 Å². The minimum absolute atomic E-state index is 0.0589. The minimum Gasteiger partial charge on any atom is -0.493 e. The first kappa shape index (κ1) is 24.9. The molecule has 0 bridgehead atoms. The zero-order chi connectivity index (χ0) is 27.0. The summed E-state index contributed by atoms with van der Waals surface area (Å²) < 4.78 is 35.3. The minimum atomic E-state index is -1.32. The van der Waals surface area contributed by atoms with E-state index in [0.29, 0.717) is 24.5 Å². The molecule has 0 amide bonds. The lowest BCUT2D eigenvalue weighted by atomic mass is 10.1. The van der Waals surface area contributed by atoms with Gasteiger partial charge in [0.2, 0.25) is 5.95 Å². The highest BCUT2D eigenvalue weighted by atomic mass is 35.5. The molecule has 2 N–H and O–H groups in total. The van der Waals surface area contributed by atoms with Gasteiger partial charge in [-0.3, -0.25) is 9.36 Å². The zero-order valence-corrected chi connectivity index (χ0v) is 20.2. The summed E-state index contributed by atoms with van der Waals surface area (Å²) in [5.74, 6) is -2.22. The number of hydrogen-bond donors (Lipinski definition) is 2. The SMILES string of the molecule is N#Cc1cc(Cn2c(Nc3cc4c(cc3Cl)OCC4)nc(=O)n(Cc3ccc[nH]c3=O)c2=O)cc(F)c1F. The topological polar surface area (TPSA) is 135 Å². The van der Waals surface area contributed by atoms with Gasteiger partial charge in [-0.1, -0.05) is 17.7 Å². The summed E-state index contributed by atoms with van der Waals surface area (Å²) in [6, 6.07) is 9.76. The quantitative estimate of drug-likeness (QED) is 0.385. The van der Waals surface area contributed by atoms with E-state index in [1.165, 1.54) is 18.3 Å². The van der Waals surface area contributed by atoms with Crippen molar-refractivity contribution in [3.8, 4) is 11.8 Å². The van der Waals surface area contributed by atoms with Crippen LogP contribution in [0.25, 0.3) is 0 Å². The number of aromatic amines is 1. The normalized spacial score (nSPS) is 12.1. The summed E-state index contributed by atoms with van der Waals surface area (Å²) in [5.41, 5.74) is -1.54. The number of halogens is 3. The van der Waals surface area contributed by atoms with E-state index in [4.69, 9.17) is 21.6 Å². The molecule has 0 aliphatic carbocycles. The van der Waals surface area contributed by atoms with Gasteiger partial charge in [0.15, 0.2) is 11.6 Å². The second-order valence-corrected chi connectivity index (χ2v) is 8.82. The molecule has 0 spiro atoms. The molecule has 5 rings (SSSR count). The van der Waals surface area contributed by atoms with Crippen molar-refractivity contribution in [3.05, 3.63) is 113 Å². The number of hydrogen-bond acceptors (Lipinski definition) is 7. The summed E-state index contributed by atoms with van der Waals surface area (Å²) in [4.78, 5) is 45.1. The molecule has 0 saturated carbocycles. The first-order valence-electron chi connectivity index (χ1n) is 11.2. The average Bonchev–Trinajstić information content (AvgIpc) is 3.34. The highest BCUT2D eigenvalue weighted by Crippen LogP contribution is 2.35. The first-order valence-corrected chi connectivity index (χ1v) is 11.6. The van der Waals surface area contributed by atoms with Gasteiger partial charge in [0, 0.05) is 24.2 Å². The molecule has 1 aliphatic rings. The van der Waals surface area contributed by atoms with Gasteiger partial charge >= 0.3 is 11.4 Å². The maximum atomic E-state index is 14.2. The van der Waals surface area contributed by atoms with Crippen molar-refractivity contribution in [1.29, 1.82) is 5.26 Å². The Morgan fingerprint density at radius 2 is 1.97 bits per heavy atom. The molecule has 0 saturated heterocycles. The predicted octanol–water partition coefficient (Wildman–Crippen LogP) is 2.67. The lowest BCUT2D eigenvalue weighted by Crippen LogP contribution is -2.43. The number of nitrogens with one attached hydrogen (secondary N) is 2. The van der Waals surface area contributed by atoms with Crippen LogP contribution >= 0.6 is 11.6 Å². The van der Waals surface area contributed by atoms with Crippen LogP contribution in [0.2, 0.25) is 5.02 Å². The summed E-state index contributed by atoms with van der Waals surface area (Å²) in [7, 11) is 0. The van der Waals surface area contributed by atoms with E-state index in [2.05, 4.69) is 15.3 Å². The van der Waals surface area contributed by atoms with E-state index >= 15 is 0 Å². The zero-order valence-electron chi connectivity index (χ0n) is 19.4. The third kappa shape index (κ3) is 4.67. The van der Waals surface area contributed by atoms with Gasteiger partial charge in [-0.2, -0.15) is 10.2 Å². The lowest BCUT2D eigenvalue weighted by molar-refractivity contribution is 0.357. The Morgan fingerprint density at radius 3 is 2.74 bits per heavy atom. The van der Waals surface area contributed by atoms with Crippen LogP contribution < -0.4 is 27.0 Å². The maximum absolute atomic E-state index is 14.2. The van der Waals surface area contributed by atoms with Crippen LogP contribution in [0.5, 0.6) is 5.75 Å². The van der Waals surface area contributed by atoms with E-state index in [-0.39, 0.29) is 28.6 Å². The van der Waals surface area contributed by atoms with Crippen molar-refractivity contribution in [3.63, 3.8) is 0 Å². The van der Waals surface area contributed by atoms with Gasteiger partial charge in [0.1, 0.15) is 11.8 Å². The van der Waals surface area contributed by atoms with Crippen LogP contribution in [-0.2, 0) is 19.5 Å². The Balaban J connectivity index is 1.64. The number of pyridine rings is 1. The van der Waals surface area contributed by atoms with E-state index < -0.39 is 40.7 Å². The Hall–Kier alpha value is -4.76. The molecule has 0 atom stereocenters. The molecule has 13 heteroatoms. The van der Waals surface area contributed by atoms with Crippen molar-refractivity contribution in [2.45, 2.75) is 19.5 Å². The van der Waals surface area contributed by atoms with E-state index in [1.807, 2.05) is 0 Å². The largest absolute Gasteiger partial charge is 0.493 e. The number of ether oxygens (including phenoxy) is 1. The second kappa shape index (κ2) is 9.95. The van der Waals surface area contributed by atoms with Crippen LogP contribution in [0.15, 0.2) is 57.0 Å². The molecular weight excluding hydrogens is 522 g/mol. The summed E-state index contributed by atoms with van der Waals surface area (Å²) in [6.45, 7) is -0.305. The smallest absolute Gasteiger partial charge is 0.355 e. The number of nitrogens with zero attached hydrogens (tertiary/aromatic N) is 4. The molecule has 38 heavy (non-hydrogen) atoms. The van der Waals surface area contributed by atoms with Crippen LogP contribution in [0.3, 0.4) is 0 Å². The molecule has 0 radical (unpaired) electrons. The molecule has 0 unspecified atom stereocenters. The van der Waals surface area contributed by atoms with Gasteiger partial charge < -0.3 is 15.0 Å². The maximum Gasteiger partial charge on any atom is 0.355 e. The molecule has 3 heterocycles. The van der Waals surface area contributed by atoms with Crippen LogP contribution in [0, 0.1) is 23.0 Å². The number of rotatable bonds is 6. The van der Waals surface area contributed by atoms with E-state index in [1.54, 1.807) is 18.2 Å². The average molecular weight is 539 g/mol. The van der Waals surface area contributed by atoms with Crippen LogP contribution in [0.4, 0.5) is 20.4 Å². The Kier molecular flexibility index (Phi) is 6.52. The van der Waals surface area contributed by atoms with Gasteiger partial charge in [-0.15, -0.1) is 0 Å². The third-order valence-corrected chi connectivity index (χ3v) is 6.27. The molecule has 192 valence electrons. The molecule has 0 fully saturated rings. The van der Waals surface area contributed by atoms with Crippen molar-refractivity contribution >= 4 is 23.2 Å². The molecule has 10 nitrogen and oxygen atoms in total. The summed E-state index contributed by atoms with van der Waals surface area (Å²) >= 11 is 6.38. The predicted molar refractivity (Wildman–Crippen MR) is 133 cm³/mol. The molecule has 4 aromatic rings. The highest BCUT2D eigenvalue weighted by Gasteiger charge is 2.20. The standard InChI is InChI=1S/C25H17ClF2N6O4/c26-17-9-20-14(3-5-38-20)8-19(17)31-23-32-24(36)34(12-15-2-1-4-30-22(15)35)25(37)33(23)11-13-6-16(10-29)21(28)18(27)7-13/h1-2,4,6-9H,3,5,11-12H2,(H,30,35)(H,31,32,36). The number of aromatic nitrogens is 4. The fraction of sp³-hybridized carbons (Fsp3) is 0.160. The summed E-state index contributed by atoms with van der Waals surface area (Å²) in [5, 5.41) is 12.3. The van der Waals surface area contributed by atoms with Gasteiger partial charge in [-0.05, 0) is 35.4 Å². The van der Waals surface area contributed by atoms with Crippen molar-refractivity contribution in [2.75, 3.05) is 11.9 Å². The molecule has 2 aromatic heterocycles. The van der Waals surface area contributed by atoms with Crippen molar-refractivity contribution < 1.29 is 13.5 Å². The molecule has 2 aromatic carbocycles. The fourth-order valence-electron chi connectivity index (χ4n) is 4.07. The number of fused-ring (bicyclic) bond motifs is 1. The van der Waals surface area contributed by atoms with Crippen LogP contribution in [0.1, 0.15) is 22.3 Å². The molecular formula is C25H17ClF2N6O4. The van der Waals surface area contributed by atoms with Crippen molar-refractivity contribution in [1.82, 2.24) is 19.1 Å². The third-order valence-electron chi connectivity index (χ3n) is 5.95. The first-order chi connectivity index (χ1) is 18.2. The van der Waals surface area contributed by atoms with Crippen molar-refractivity contribution in [2.24, 2.45) is 0 Å². The summed E-state index contributed by atoms with van der Waals surface area (Å²) in [6.07, 6.45) is 2.03. The lowest BCUT2D eigenvalue weighted by Gasteiger charge is -2.17. The highest BCUT2D eigenvalue weighted by molar-refractivity contribution is 6.33. The Bertz CT molecular complexity index is 1810. The Morgan fingerprint density at radius 1 is 1.16 bits per heavy atom. The van der Waals surface area contributed by atoms with Gasteiger partial charge in [0.05, 0.1) is 36.0 Å². The monoisotopic (exact) mass is 538 g/mol.